The van der Waals surface area contributed by atoms with Crippen molar-refractivity contribution in [2.45, 2.75) is 25.6 Å². The zero-order valence-electron chi connectivity index (χ0n) is 4.57. The van der Waals surface area contributed by atoms with Crippen LogP contribution in [0.2, 0.25) is 5.28 Å². The Hall–Kier alpha value is 0.532. The summed E-state index contributed by atoms with van der Waals surface area (Å²) in [5.74, 6) is 0.877. The summed E-state index contributed by atoms with van der Waals surface area (Å²) in [6, 6.07) is 0. The van der Waals surface area contributed by atoms with E-state index >= 15 is 0 Å². The van der Waals surface area contributed by atoms with Crippen LogP contribution in [0.15, 0.2) is 0 Å². The Labute approximate surface area is 48.4 Å². The van der Waals surface area contributed by atoms with Crippen LogP contribution in [-0.4, -0.2) is 16.3 Å². The molecule has 0 fully saturated rings. The molecule has 0 heterocycles. The van der Waals surface area contributed by atoms with E-state index in [1.165, 1.54) is 11.7 Å². The van der Waals surface area contributed by atoms with Crippen LogP contribution < -0.4 is 0 Å². The van der Waals surface area contributed by atoms with Crippen molar-refractivity contribution in [2.75, 3.05) is 0 Å². The fourth-order valence-electron chi connectivity index (χ4n) is 0.333. The molecule has 0 aromatic rings. The Kier molecular flexibility index (Phi) is 4.04. The third kappa shape index (κ3) is 4.53. The molecule has 0 bridgehead atoms. The summed E-state index contributed by atoms with van der Waals surface area (Å²) in [6.07, 6.45) is 1.34. The maximum atomic E-state index is 2.72. The first kappa shape index (κ1) is 6.53. The molecule has 6 heavy (non-hydrogen) atoms. The standard InChI is InChI=1S/C5H11.Al/c1-4-5(2)3;/h5H,1,4H2,2-3H3;/q;+2. The molecule has 0 aliphatic rings. The van der Waals surface area contributed by atoms with Crippen LogP contribution in [0.5, 0.6) is 0 Å². The molecular weight excluding hydrogens is 87.0 g/mol. The van der Waals surface area contributed by atoms with Gasteiger partial charge in [-0.3, -0.25) is 0 Å². The Morgan fingerprint density at radius 3 is 2.00 bits per heavy atom. The number of hydrogen-bond acceptors (Lipinski definition) is 0. The predicted octanol–water partition coefficient (Wildman–Crippen LogP) is 1.62. The summed E-state index contributed by atoms with van der Waals surface area (Å²) in [5.41, 5.74) is 0. The second-order valence-electron chi connectivity index (χ2n) is 1.97. The average molecular weight is 98.1 g/mol. The molecule has 0 rings (SSSR count). The second kappa shape index (κ2) is 3.71. The molecule has 0 spiro atoms. The van der Waals surface area contributed by atoms with Crippen LogP contribution in [0.1, 0.15) is 20.3 Å². The Bertz CT molecular complexity index is 25.1. The van der Waals surface area contributed by atoms with Crippen molar-refractivity contribution in [3.8, 4) is 0 Å². The predicted molar refractivity (Wildman–Crippen MR) is 30.0 cm³/mol. The molecule has 0 saturated heterocycles. The van der Waals surface area contributed by atoms with Gasteiger partial charge in [0.15, 0.2) is 0 Å². The topological polar surface area (TPSA) is 0 Å². The van der Waals surface area contributed by atoms with Crippen LogP contribution in [0, 0.1) is 5.92 Å². The molecule has 0 aliphatic carbocycles. The first-order valence-electron chi connectivity index (χ1n) is 2.47. The Balaban J connectivity index is 2.63. The van der Waals surface area contributed by atoms with E-state index in [4.69, 9.17) is 0 Å². The Morgan fingerprint density at radius 2 is 2.00 bits per heavy atom. The maximum absolute atomic E-state index is 2.72. The minimum atomic E-state index is 0.877. The van der Waals surface area contributed by atoms with Crippen LogP contribution in [-0.2, 0) is 0 Å². The molecule has 32 valence electrons. The molecule has 0 radical (unpaired) electrons. The third-order valence-electron chi connectivity index (χ3n) is 0.744. The molecule has 0 unspecified atom stereocenters. The summed E-state index contributed by atoms with van der Waals surface area (Å²) in [6.45, 7) is 4.48. The molecule has 0 aromatic carbocycles. The van der Waals surface area contributed by atoms with Gasteiger partial charge < -0.3 is 0 Å². The van der Waals surface area contributed by atoms with Gasteiger partial charge in [-0.25, -0.2) is 0 Å². The molecule has 0 aliphatic heterocycles. The molecule has 1 heteroatoms. The van der Waals surface area contributed by atoms with Gasteiger partial charge in [0.05, 0.1) is 0 Å². The van der Waals surface area contributed by atoms with Gasteiger partial charge in [-0.2, -0.15) is 0 Å². The van der Waals surface area contributed by atoms with Crippen LogP contribution in [0.4, 0.5) is 0 Å². The van der Waals surface area contributed by atoms with Gasteiger partial charge >= 0.3 is 47.8 Å². The molecule has 0 aromatic heterocycles. The van der Waals surface area contributed by atoms with Gasteiger partial charge in [0, 0.05) is 0 Å². The van der Waals surface area contributed by atoms with Crippen molar-refractivity contribution in [3.05, 3.63) is 0 Å². The first-order chi connectivity index (χ1) is 2.77. The van der Waals surface area contributed by atoms with Gasteiger partial charge in [-0.15, -0.1) is 0 Å². The minimum absolute atomic E-state index is 0.877. The van der Waals surface area contributed by atoms with Crippen molar-refractivity contribution in [1.82, 2.24) is 0 Å². The van der Waals surface area contributed by atoms with Crippen LogP contribution in [0.25, 0.3) is 0 Å². The summed E-state index contributed by atoms with van der Waals surface area (Å²) in [5, 5.41) is 1.25. The zero-order chi connectivity index (χ0) is 4.99. The van der Waals surface area contributed by atoms with E-state index in [0.29, 0.717) is 0 Å². The van der Waals surface area contributed by atoms with Crippen molar-refractivity contribution in [1.29, 1.82) is 0 Å². The van der Waals surface area contributed by atoms with E-state index in [-0.39, 0.29) is 0 Å². The summed E-state index contributed by atoms with van der Waals surface area (Å²) < 4.78 is 0. The summed E-state index contributed by atoms with van der Waals surface area (Å²) >= 11 is 2.72. The van der Waals surface area contributed by atoms with Crippen molar-refractivity contribution in [2.24, 2.45) is 5.92 Å². The second-order valence-corrected chi connectivity index (χ2v) is 2.55. The fourth-order valence-corrected chi connectivity index (χ4v) is 1.00. The van der Waals surface area contributed by atoms with Gasteiger partial charge in [-0.05, 0) is 0 Å². The van der Waals surface area contributed by atoms with E-state index < -0.39 is 0 Å². The van der Waals surface area contributed by atoms with Crippen molar-refractivity contribution >= 4 is 16.3 Å². The van der Waals surface area contributed by atoms with Crippen molar-refractivity contribution < 1.29 is 0 Å². The summed E-state index contributed by atoms with van der Waals surface area (Å²) in [7, 11) is 0. The molecular formula is C5H11Al+2. The van der Waals surface area contributed by atoms with Gasteiger partial charge in [0.1, 0.15) is 0 Å². The van der Waals surface area contributed by atoms with Crippen molar-refractivity contribution in [3.63, 3.8) is 0 Å². The molecule has 0 saturated carbocycles. The monoisotopic (exact) mass is 98.1 g/mol. The number of rotatable bonds is 2. The average Bonchev–Trinajstić information content (AvgIpc) is 1.35. The van der Waals surface area contributed by atoms with Crippen LogP contribution >= 0.6 is 0 Å². The quantitative estimate of drug-likeness (QED) is 0.460. The summed E-state index contributed by atoms with van der Waals surface area (Å²) in [4.78, 5) is 0. The van der Waals surface area contributed by atoms with Gasteiger partial charge in [0.25, 0.3) is 0 Å². The molecule has 0 nitrogen and oxygen atoms in total. The van der Waals surface area contributed by atoms with E-state index in [1.54, 1.807) is 0 Å². The molecule has 0 N–H and O–H groups in total. The Morgan fingerprint density at radius 1 is 1.50 bits per heavy atom. The van der Waals surface area contributed by atoms with E-state index in [9.17, 15) is 0 Å². The third-order valence-corrected chi connectivity index (χ3v) is 1.08. The fraction of sp³-hybridized carbons (Fsp3) is 1.00. The van der Waals surface area contributed by atoms with Gasteiger partial charge in [0.2, 0.25) is 0 Å². The molecule has 0 atom stereocenters. The first-order valence-corrected chi connectivity index (χ1v) is 3.29. The van der Waals surface area contributed by atoms with Gasteiger partial charge in [-0.1, -0.05) is 0 Å². The number of hydrogen-bond donors (Lipinski definition) is 0. The van der Waals surface area contributed by atoms with E-state index in [2.05, 4.69) is 30.1 Å². The van der Waals surface area contributed by atoms with E-state index in [0.717, 1.165) is 5.92 Å². The normalized spacial score (nSPS) is 10.2. The zero-order valence-corrected chi connectivity index (χ0v) is 5.72. The van der Waals surface area contributed by atoms with E-state index in [1.807, 2.05) is 0 Å². The van der Waals surface area contributed by atoms with Crippen LogP contribution in [0.3, 0.4) is 0 Å². The SMILES string of the molecule is CC(C)C[CH2][Al+2]. The molecule has 0 amide bonds.